The molecule has 1 saturated heterocycles. The van der Waals surface area contributed by atoms with E-state index in [0.29, 0.717) is 25.9 Å². The number of hydrogen-bond acceptors (Lipinski definition) is 4. The normalized spacial score (nSPS) is 19.7. The first-order valence-electron chi connectivity index (χ1n) is 6.98. The van der Waals surface area contributed by atoms with Crippen molar-refractivity contribution >= 4 is 15.9 Å². The van der Waals surface area contributed by atoms with Crippen LogP contribution in [0.1, 0.15) is 19.8 Å². The molecule has 0 saturated carbocycles. The van der Waals surface area contributed by atoms with Crippen LogP contribution in [0.4, 0.5) is 8.78 Å². The summed E-state index contributed by atoms with van der Waals surface area (Å²) in [6.07, 6.45) is 0.958. The predicted molar refractivity (Wildman–Crippen MR) is 75.3 cm³/mol. The van der Waals surface area contributed by atoms with E-state index in [4.69, 9.17) is 0 Å². The Hall–Kier alpha value is -0.800. The number of piperidine rings is 1. The molecule has 6 nitrogen and oxygen atoms in total. The Balaban J connectivity index is 2.36. The van der Waals surface area contributed by atoms with E-state index in [2.05, 4.69) is 10.6 Å². The zero-order valence-corrected chi connectivity index (χ0v) is 13.1. The third-order valence-corrected chi connectivity index (χ3v) is 5.22. The van der Waals surface area contributed by atoms with Gasteiger partial charge < -0.3 is 10.6 Å². The molecule has 0 aliphatic carbocycles. The van der Waals surface area contributed by atoms with E-state index >= 15 is 0 Å². The highest BCUT2D eigenvalue weighted by molar-refractivity contribution is 7.89. The van der Waals surface area contributed by atoms with Gasteiger partial charge in [0.1, 0.15) is 0 Å². The highest BCUT2D eigenvalue weighted by Crippen LogP contribution is 2.22. The lowest BCUT2D eigenvalue weighted by Crippen LogP contribution is -2.44. The van der Waals surface area contributed by atoms with Gasteiger partial charge >= 0.3 is 5.76 Å². The molecule has 0 aromatic heterocycles. The number of carbonyl (C=O) groups is 1. The molecular weight excluding hydrogens is 304 g/mol. The van der Waals surface area contributed by atoms with Crippen molar-refractivity contribution in [2.45, 2.75) is 25.5 Å². The predicted octanol–water partition coefficient (Wildman–Crippen LogP) is 0.222. The summed E-state index contributed by atoms with van der Waals surface area (Å²) < 4.78 is 48.3. The van der Waals surface area contributed by atoms with Crippen LogP contribution in [0, 0.1) is 11.8 Å². The quantitative estimate of drug-likeness (QED) is 0.701. The molecule has 0 bridgehead atoms. The van der Waals surface area contributed by atoms with Crippen LogP contribution in [-0.4, -0.2) is 57.6 Å². The number of hydrogen-bond donors (Lipinski definition) is 2. The van der Waals surface area contributed by atoms with Gasteiger partial charge in [-0.15, -0.1) is 0 Å². The van der Waals surface area contributed by atoms with Crippen LogP contribution < -0.4 is 10.6 Å². The van der Waals surface area contributed by atoms with E-state index in [1.165, 1.54) is 0 Å². The summed E-state index contributed by atoms with van der Waals surface area (Å²) in [7, 11) is -2.70. The first-order chi connectivity index (χ1) is 9.78. The van der Waals surface area contributed by atoms with Gasteiger partial charge in [-0.05, 0) is 25.8 Å². The largest absolute Gasteiger partial charge is 0.356 e. The third-order valence-electron chi connectivity index (χ3n) is 3.68. The average Bonchev–Trinajstić information content (AvgIpc) is 2.45. The maximum Gasteiger partial charge on any atom is 0.350 e. The summed E-state index contributed by atoms with van der Waals surface area (Å²) >= 11 is 0. The van der Waals surface area contributed by atoms with Gasteiger partial charge in [0.15, 0.2) is 0 Å². The molecule has 21 heavy (non-hydrogen) atoms. The van der Waals surface area contributed by atoms with Gasteiger partial charge in [0.05, 0.1) is 0 Å². The zero-order valence-electron chi connectivity index (χ0n) is 12.3. The molecule has 0 radical (unpaired) electrons. The first-order valence-corrected chi connectivity index (χ1v) is 8.48. The van der Waals surface area contributed by atoms with Gasteiger partial charge in [0, 0.05) is 32.1 Å². The van der Waals surface area contributed by atoms with Crippen molar-refractivity contribution < 1.29 is 22.0 Å². The Morgan fingerprint density at radius 2 is 1.90 bits per heavy atom. The molecule has 1 amide bonds. The Morgan fingerprint density at radius 1 is 1.33 bits per heavy atom. The fraction of sp³-hybridized carbons (Fsp3) is 0.917. The zero-order chi connectivity index (χ0) is 16.0. The minimum atomic E-state index is -4.47. The van der Waals surface area contributed by atoms with Crippen LogP contribution in [-0.2, 0) is 14.8 Å². The van der Waals surface area contributed by atoms with Gasteiger partial charge in [-0.2, -0.15) is 13.1 Å². The second-order valence-corrected chi connectivity index (χ2v) is 7.25. The van der Waals surface area contributed by atoms with Crippen LogP contribution in [0.3, 0.4) is 0 Å². The summed E-state index contributed by atoms with van der Waals surface area (Å²) in [4.78, 5) is 11.7. The number of carbonyl (C=O) groups excluding carboxylic acids is 1. The highest BCUT2D eigenvalue weighted by atomic mass is 32.2. The molecule has 1 rings (SSSR count). The summed E-state index contributed by atoms with van der Waals surface area (Å²) in [6, 6.07) is 0. The Morgan fingerprint density at radius 3 is 2.38 bits per heavy atom. The summed E-state index contributed by atoms with van der Waals surface area (Å²) in [5.41, 5.74) is 0. The second kappa shape index (κ2) is 8.00. The van der Waals surface area contributed by atoms with Crippen LogP contribution in [0.2, 0.25) is 0 Å². The van der Waals surface area contributed by atoms with Crippen molar-refractivity contribution in [2.75, 3.05) is 33.2 Å². The molecule has 0 spiro atoms. The number of nitrogens with zero attached hydrogens (tertiary/aromatic N) is 1. The number of halogens is 2. The van der Waals surface area contributed by atoms with Crippen molar-refractivity contribution in [1.29, 1.82) is 0 Å². The Bertz CT molecular complexity index is 437. The van der Waals surface area contributed by atoms with Crippen LogP contribution >= 0.6 is 0 Å². The molecule has 1 aliphatic heterocycles. The summed E-state index contributed by atoms with van der Waals surface area (Å²) in [6.45, 7) is 3.01. The molecule has 1 heterocycles. The topological polar surface area (TPSA) is 78.5 Å². The minimum Gasteiger partial charge on any atom is -0.356 e. The van der Waals surface area contributed by atoms with Crippen molar-refractivity contribution in [3.05, 3.63) is 0 Å². The Kier molecular flexibility index (Phi) is 6.95. The molecule has 1 fully saturated rings. The molecule has 1 aliphatic rings. The first kappa shape index (κ1) is 18.2. The van der Waals surface area contributed by atoms with E-state index in [1.807, 2.05) is 6.92 Å². The highest BCUT2D eigenvalue weighted by Gasteiger charge is 2.34. The fourth-order valence-corrected chi connectivity index (χ4v) is 3.24. The maximum absolute atomic E-state index is 12.4. The maximum atomic E-state index is 12.4. The Labute approximate surface area is 124 Å². The fourth-order valence-electron chi connectivity index (χ4n) is 2.30. The van der Waals surface area contributed by atoms with E-state index < -0.39 is 15.8 Å². The summed E-state index contributed by atoms with van der Waals surface area (Å²) in [5, 5.41) is 5.73. The summed E-state index contributed by atoms with van der Waals surface area (Å²) in [5.74, 6) is -3.45. The van der Waals surface area contributed by atoms with Gasteiger partial charge in [-0.25, -0.2) is 8.42 Å². The van der Waals surface area contributed by atoms with E-state index in [1.54, 1.807) is 7.05 Å². The standard InChI is InChI=1S/C12H23F2N3O3S/c1-9(7-15-2)11(18)16-8-10-3-5-17(6-4-10)21(19,20)12(13)14/h9-10,12,15H,3-8H2,1-2H3,(H,16,18). The average molecular weight is 327 g/mol. The van der Waals surface area contributed by atoms with Crippen LogP contribution in [0.5, 0.6) is 0 Å². The minimum absolute atomic E-state index is 0.0630. The van der Waals surface area contributed by atoms with Crippen LogP contribution in [0.15, 0.2) is 0 Å². The molecule has 9 heteroatoms. The molecule has 1 atom stereocenters. The third kappa shape index (κ3) is 5.15. The van der Waals surface area contributed by atoms with Crippen molar-refractivity contribution in [1.82, 2.24) is 14.9 Å². The number of alkyl halides is 2. The molecule has 124 valence electrons. The molecule has 2 N–H and O–H groups in total. The lowest BCUT2D eigenvalue weighted by Gasteiger charge is -2.31. The van der Waals surface area contributed by atoms with Gasteiger partial charge in [0.2, 0.25) is 5.91 Å². The molecule has 1 unspecified atom stereocenters. The number of nitrogens with one attached hydrogen (secondary N) is 2. The lowest BCUT2D eigenvalue weighted by molar-refractivity contribution is -0.124. The van der Waals surface area contributed by atoms with Gasteiger partial charge in [-0.1, -0.05) is 6.92 Å². The van der Waals surface area contributed by atoms with Gasteiger partial charge in [0.25, 0.3) is 10.0 Å². The van der Waals surface area contributed by atoms with Crippen molar-refractivity contribution in [3.8, 4) is 0 Å². The monoisotopic (exact) mass is 327 g/mol. The van der Waals surface area contributed by atoms with Gasteiger partial charge in [-0.3, -0.25) is 4.79 Å². The van der Waals surface area contributed by atoms with Crippen LogP contribution in [0.25, 0.3) is 0 Å². The van der Waals surface area contributed by atoms with Crippen molar-refractivity contribution in [3.63, 3.8) is 0 Å². The van der Waals surface area contributed by atoms with Crippen molar-refractivity contribution in [2.24, 2.45) is 11.8 Å². The molecular formula is C12H23F2N3O3S. The van der Waals surface area contributed by atoms with E-state index in [-0.39, 0.29) is 30.8 Å². The SMILES string of the molecule is CNCC(C)C(=O)NCC1CCN(S(=O)(=O)C(F)F)CC1. The van der Waals surface area contributed by atoms with E-state index in [9.17, 15) is 22.0 Å². The second-order valence-electron chi connectivity index (χ2n) is 5.35. The smallest absolute Gasteiger partial charge is 0.350 e. The molecule has 0 aromatic carbocycles. The lowest BCUT2D eigenvalue weighted by atomic mass is 9.98. The number of amides is 1. The number of sulfonamides is 1. The molecule has 0 aromatic rings. The van der Waals surface area contributed by atoms with E-state index in [0.717, 1.165) is 4.31 Å². The number of rotatable bonds is 7.